The summed E-state index contributed by atoms with van der Waals surface area (Å²) in [7, 11) is -11.0. The predicted octanol–water partition coefficient (Wildman–Crippen LogP) is -0.825. The average molecular weight is 369 g/mol. The number of anilines is 1. The van der Waals surface area contributed by atoms with Crippen LogP contribution in [0.4, 0.5) is 5.82 Å². The monoisotopic (exact) mass is 369 g/mol. The Kier molecular flexibility index (Phi) is 6.06. The molecule has 8 N–H and O–H groups in total. The van der Waals surface area contributed by atoms with Crippen molar-refractivity contribution < 1.29 is 38.6 Å². The minimum absolute atomic E-state index is 0.175. The standard InChI is InChI=1S/C10H17N3O8P2/c11-8-3-2-7(6-13-8)9(14)12-5-1-4-10(15,22(16,17)18)23(19,20)21/h2-3,6,15H,1,4-5H2,(H2,11,13)(H,12,14)(H2,16,17,18)(H2,19,20,21). The quantitative estimate of drug-likeness (QED) is 0.235. The highest BCUT2D eigenvalue weighted by molar-refractivity contribution is 7.72. The molecule has 11 nitrogen and oxygen atoms in total. The lowest BCUT2D eigenvalue weighted by atomic mass is 10.2. The minimum Gasteiger partial charge on any atom is -0.384 e. The Balaban J connectivity index is 2.62. The van der Waals surface area contributed by atoms with Crippen LogP contribution in [0.2, 0.25) is 0 Å². The molecule has 0 aromatic carbocycles. The second kappa shape index (κ2) is 7.06. The Morgan fingerprint density at radius 1 is 1.22 bits per heavy atom. The normalized spacial score (nSPS) is 12.9. The molecule has 1 aromatic heterocycles. The lowest BCUT2D eigenvalue weighted by Crippen LogP contribution is -2.31. The molecule has 0 spiro atoms. The zero-order valence-corrected chi connectivity index (χ0v) is 13.5. The van der Waals surface area contributed by atoms with Gasteiger partial charge in [0.1, 0.15) is 5.82 Å². The zero-order valence-electron chi connectivity index (χ0n) is 11.7. The number of nitrogens with zero attached hydrogens (tertiary/aromatic N) is 1. The van der Waals surface area contributed by atoms with Crippen LogP contribution < -0.4 is 11.1 Å². The summed E-state index contributed by atoms with van der Waals surface area (Å²) in [5.41, 5.74) is 5.54. The fourth-order valence-electron chi connectivity index (χ4n) is 1.63. The van der Waals surface area contributed by atoms with Crippen molar-refractivity contribution in [2.75, 3.05) is 12.3 Å². The molecule has 0 unspecified atom stereocenters. The van der Waals surface area contributed by atoms with Crippen LogP contribution in [0.1, 0.15) is 23.2 Å². The second-order valence-corrected chi connectivity index (χ2v) is 8.70. The number of aliphatic hydroxyl groups is 1. The number of aromatic nitrogens is 1. The van der Waals surface area contributed by atoms with Gasteiger partial charge in [0.25, 0.3) is 11.0 Å². The molecule has 23 heavy (non-hydrogen) atoms. The number of carbonyl (C=O) groups is 1. The molecular formula is C10H17N3O8P2. The maximum absolute atomic E-state index is 11.7. The molecule has 0 saturated heterocycles. The second-order valence-electron chi connectivity index (χ2n) is 4.69. The van der Waals surface area contributed by atoms with Crippen molar-refractivity contribution in [2.24, 2.45) is 0 Å². The van der Waals surface area contributed by atoms with Crippen LogP contribution in [0.15, 0.2) is 18.3 Å². The third-order valence-corrected chi connectivity index (χ3v) is 6.83. The Morgan fingerprint density at radius 3 is 2.22 bits per heavy atom. The lowest BCUT2D eigenvalue weighted by molar-refractivity contribution is 0.0946. The van der Waals surface area contributed by atoms with E-state index < -0.39 is 32.6 Å². The van der Waals surface area contributed by atoms with Crippen molar-refractivity contribution in [3.05, 3.63) is 23.9 Å². The van der Waals surface area contributed by atoms with E-state index in [1.54, 1.807) is 0 Å². The maximum atomic E-state index is 11.7. The number of hydrogen-bond donors (Lipinski definition) is 7. The van der Waals surface area contributed by atoms with E-state index in [-0.39, 0.29) is 24.3 Å². The summed E-state index contributed by atoms with van der Waals surface area (Å²) in [4.78, 5) is 51.2. The largest absolute Gasteiger partial charge is 0.384 e. The first-order chi connectivity index (χ1) is 10.4. The van der Waals surface area contributed by atoms with Gasteiger partial charge >= 0.3 is 15.2 Å². The first-order valence-electron chi connectivity index (χ1n) is 6.22. The number of carbonyl (C=O) groups excluding carboxylic acids is 1. The molecule has 1 rings (SSSR count). The highest BCUT2D eigenvalue weighted by Crippen LogP contribution is 2.69. The molecule has 0 aliphatic rings. The molecule has 0 aliphatic carbocycles. The number of hydrogen-bond acceptors (Lipinski definition) is 6. The number of nitrogen functional groups attached to an aromatic ring is 1. The fraction of sp³-hybridized carbons (Fsp3) is 0.400. The first kappa shape index (κ1) is 19.7. The molecule has 1 aromatic rings. The number of nitrogens with two attached hydrogens (primary N) is 1. The van der Waals surface area contributed by atoms with Crippen LogP contribution in [0.5, 0.6) is 0 Å². The molecule has 130 valence electrons. The van der Waals surface area contributed by atoms with Crippen molar-refractivity contribution in [2.45, 2.75) is 17.9 Å². The van der Waals surface area contributed by atoms with Gasteiger partial charge in [0, 0.05) is 19.2 Å². The summed E-state index contributed by atoms with van der Waals surface area (Å²) in [6.07, 6.45) is 0.0367. The van der Waals surface area contributed by atoms with Gasteiger partial charge < -0.3 is 35.7 Å². The predicted molar refractivity (Wildman–Crippen MR) is 79.3 cm³/mol. The van der Waals surface area contributed by atoms with Gasteiger partial charge in [-0.2, -0.15) is 0 Å². The van der Waals surface area contributed by atoms with Crippen LogP contribution in [0.25, 0.3) is 0 Å². The van der Waals surface area contributed by atoms with Crippen molar-refractivity contribution >= 4 is 26.9 Å². The summed E-state index contributed by atoms with van der Waals surface area (Å²) < 4.78 is 22.3. The van der Waals surface area contributed by atoms with Gasteiger partial charge in [-0.1, -0.05) is 0 Å². The van der Waals surface area contributed by atoms with E-state index in [1.807, 2.05) is 0 Å². The average Bonchev–Trinajstić information content (AvgIpc) is 2.41. The molecule has 13 heteroatoms. The smallest absolute Gasteiger partial charge is 0.369 e. The van der Waals surface area contributed by atoms with Gasteiger partial charge in [0.15, 0.2) is 0 Å². The van der Waals surface area contributed by atoms with Crippen molar-refractivity contribution in [3.8, 4) is 0 Å². The Bertz CT molecular complexity index is 631. The van der Waals surface area contributed by atoms with Crippen LogP contribution >= 0.6 is 15.2 Å². The van der Waals surface area contributed by atoms with Gasteiger partial charge in [-0.3, -0.25) is 13.9 Å². The van der Waals surface area contributed by atoms with E-state index in [2.05, 4.69) is 10.3 Å². The van der Waals surface area contributed by atoms with E-state index in [9.17, 15) is 19.0 Å². The molecule has 0 atom stereocenters. The molecule has 1 heterocycles. The SMILES string of the molecule is Nc1ccc(C(=O)NCCCC(O)(P(=O)(O)O)P(=O)(O)O)cn1. The maximum Gasteiger partial charge on any atom is 0.369 e. The topological polar surface area (TPSA) is 203 Å². The summed E-state index contributed by atoms with van der Waals surface area (Å²) in [6.45, 7) is -0.175. The van der Waals surface area contributed by atoms with Crippen molar-refractivity contribution in [3.63, 3.8) is 0 Å². The van der Waals surface area contributed by atoms with Crippen molar-refractivity contribution in [1.29, 1.82) is 0 Å². The van der Waals surface area contributed by atoms with Crippen LogP contribution in [-0.4, -0.2) is 47.2 Å². The molecule has 0 aliphatic heterocycles. The van der Waals surface area contributed by atoms with Gasteiger partial charge in [0.2, 0.25) is 0 Å². The summed E-state index contributed by atoms with van der Waals surface area (Å²) in [6, 6.07) is 2.80. The van der Waals surface area contributed by atoms with E-state index in [1.165, 1.54) is 18.3 Å². The zero-order chi connectivity index (χ0) is 17.9. The van der Waals surface area contributed by atoms with E-state index in [4.69, 9.17) is 25.3 Å². The summed E-state index contributed by atoms with van der Waals surface area (Å²) >= 11 is 0. The van der Waals surface area contributed by atoms with Crippen molar-refractivity contribution in [1.82, 2.24) is 10.3 Å². The highest BCUT2D eigenvalue weighted by Gasteiger charge is 2.58. The van der Waals surface area contributed by atoms with E-state index in [0.29, 0.717) is 0 Å². The fourth-order valence-corrected chi connectivity index (χ4v) is 3.89. The number of rotatable bonds is 7. The molecule has 0 fully saturated rings. The third kappa shape index (κ3) is 4.82. The highest BCUT2D eigenvalue weighted by atomic mass is 31.2. The molecule has 0 saturated carbocycles. The van der Waals surface area contributed by atoms with Crippen LogP contribution in [0, 0.1) is 0 Å². The van der Waals surface area contributed by atoms with Gasteiger partial charge in [-0.15, -0.1) is 0 Å². The van der Waals surface area contributed by atoms with Gasteiger partial charge in [-0.25, -0.2) is 4.98 Å². The Hall–Kier alpha value is -1.32. The number of amides is 1. The first-order valence-corrected chi connectivity index (χ1v) is 9.44. The third-order valence-electron chi connectivity index (χ3n) is 2.96. The van der Waals surface area contributed by atoms with Crippen LogP contribution in [-0.2, 0) is 9.13 Å². The molecule has 0 bridgehead atoms. The minimum atomic E-state index is -5.48. The van der Waals surface area contributed by atoms with E-state index in [0.717, 1.165) is 0 Å². The Morgan fingerprint density at radius 2 is 1.78 bits per heavy atom. The van der Waals surface area contributed by atoms with E-state index >= 15 is 0 Å². The van der Waals surface area contributed by atoms with Crippen LogP contribution in [0.3, 0.4) is 0 Å². The van der Waals surface area contributed by atoms with Gasteiger partial charge in [0.05, 0.1) is 5.56 Å². The molecule has 0 radical (unpaired) electrons. The number of nitrogens with one attached hydrogen (secondary N) is 1. The van der Waals surface area contributed by atoms with Gasteiger partial charge in [-0.05, 0) is 18.6 Å². The summed E-state index contributed by atoms with van der Waals surface area (Å²) in [5.74, 6) is -0.344. The molecule has 1 amide bonds. The number of pyridine rings is 1. The molecular weight excluding hydrogens is 352 g/mol. The lowest BCUT2D eigenvalue weighted by Gasteiger charge is -2.29. The Labute approximate surface area is 130 Å². The summed E-state index contributed by atoms with van der Waals surface area (Å²) in [5, 5.41) is 8.51.